The van der Waals surface area contributed by atoms with Crippen LogP contribution in [0.25, 0.3) is 0 Å². The van der Waals surface area contributed by atoms with E-state index in [9.17, 15) is 0 Å². The van der Waals surface area contributed by atoms with Crippen molar-refractivity contribution in [1.29, 1.82) is 0 Å². The molecule has 160 valence electrons. The molecular weight excluding hydrogens is 300 g/mol. The zero-order valence-corrected chi connectivity index (χ0v) is 20.6. The summed E-state index contributed by atoms with van der Waals surface area (Å²) in [5.41, 5.74) is 0. The van der Waals surface area contributed by atoms with Crippen LogP contribution in [0.1, 0.15) is 166 Å². The minimum absolute atomic E-state index is 1.36. The van der Waals surface area contributed by atoms with E-state index >= 15 is 0 Å². The molecular formula is C25H60. The van der Waals surface area contributed by atoms with E-state index in [-0.39, 0.29) is 0 Å². The van der Waals surface area contributed by atoms with E-state index in [1.54, 1.807) is 0 Å². The van der Waals surface area contributed by atoms with Crippen molar-refractivity contribution in [2.75, 3.05) is 0 Å². The third-order valence-corrected chi connectivity index (χ3v) is 3.66. The Morgan fingerprint density at radius 2 is 0.360 bits per heavy atom. The molecule has 0 aliphatic heterocycles. The van der Waals surface area contributed by atoms with Gasteiger partial charge in [0.25, 0.3) is 0 Å². The van der Waals surface area contributed by atoms with Gasteiger partial charge >= 0.3 is 0 Å². The summed E-state index contributed by atoms with van der Waals surface area (Å²) in [4.78, 5) is 0. The molecule has 0 atom stereocenters. The van der Waals surface area contributed by atoms with Gasteiger partial charge in [-0.15, -0.1) is 0 Å². The molecule has 0 spiro atoms. The smallest absolute Gasteiger partial charge is 0.0533 e. The summed E-state index contributed by atoms with van der Waals surface area (Å²) in [5, 5.41) is 0. The van der Waals surface area contributed by atoms with Gasteiger partial charge in [-0.3, -0.25) is 0 Å². The summed E-state index contributed by atoms with van der Waals surface area (Å²) in [5.74, 6) is 0. The van der Waals surface area contributed by atoms with E-state index in [4.69, 9.17) is 0 Å². The Bertz CT molecular complexity index is 103. The van der Waals surface area contributed by atoms with Crippen LogP contribution in [0.4, 0.5) is 0 Å². The zero-order valence-electron chi connectivity index (χ0n) is 20.6. The lowest BCUT2D eigenvalue weighted by Crippen LogP contribution is -1.79. The van der Waals surface area contributed by atoms with Crippen LogP contribution in [0.15, 0.2) is 0 Å². The molecule has 25 heavy (non-hydrogen) atoms. The van der Waals surface area contributed by atoms with Crippen LogP contribution in [0.3, 0.4) is 0 Å². The fourth-order valence-electron chi connectivity index (χ4n) is 2.24. The lowest BCUT2D eigenvalue weighted by atomic mass is 10.1. The van der Waals surface area contributed by atoms with Gasteiger partial charge in [0.15, 0.2) is 0 Å². The first kappa shape index (κ1) is 36.0. The highest BCUT2D eigenvalue weighted by molar-refractivity contribution is 4.44. The molecule has 0 aromatic heterocycles. The summed E-state index contributed by atoms with van der Waals surface area (Å²) >= 11 is 0. The molecule has 0 bridgehead atoms. The molecule has 0 saturated carbocycles. The average Bonchev–Trinajstić information content (AvgIpc) is 2.70. The van der Waals surface area contributed by atoms with Gasteiger partial charge in [-0.05, 0) is 0 Å². The van der Waals surface area contributed by atoms with Gasteiger partial charge in [0.2, 0.25) is 0 Å². The largest absolute Gasteiger partial charge is 0.0683 e. The Morgan fingerprint density at radius 3 is 0.480 bits per heavy atom. The quantitative estimate of drug-likeness (QED) is 0.286. The molecule has 0 fully saturated rings. The highest BCUT2D eigenvalue weighted by Crippen LogP contribution is 2.08. The third-order valence-electron chi connectivity index (χ3n) is 3.66. The minimum atomic E-state index is 1.36. The summed E-state index contributed by atoms with van der Waals surface area (Å²) in [6.45, 7) is 21.1. The first-order chi connectivity index (χ1) is 12.3. The average molecular weight is 361 g/mol. The van der Waals surface area contributed by atoms with Crippen molar-refractivity contribution in [3.63, 3.8) is 0 Å². The fraction of sp³-hybridized carbons (Fsp3) is 1.00. The predicted molar refractivity (Wildman–Crippen MR) is 126 cm³/mol. The van der Waals surface area contributed by atoms with Gasteiger partial charge in [0.05, 0.1) is 0 Å². The highest BCUT2D eigenvalue weighted by Gasteiger charge is 1.89. The normalized spacial score (nSPS) is 8.40. The van der Waals surface area contributed by atoms with Crippen molar-refractivity contribution in [1.82, 2.24) is 0 Å². The predicted octanol–water partition coefficient (Wildman–Crippen LogP) is 11.0. The Hall–Kier alpha value is 0. The molecule has 0 unspecified atom stereocenters. The van der Waals surface area contributed by atoms with Gasteiger partial charge in [0.1, 0.15) is 0 Å². The maximum absolute atomic E-state index is 2.27. The van der Waals surface area contributed by atoms with E-state index < -0.39 is 0 Å². The second-order valence-corrected chi connectivity index (χ2v) is 5.89. The molecule has 0 aromatic rings. The lowest BCUT2D eigenvalue weighted by Gasteiger charge is -1.98. The van der Waals surface area contributed by atoms with E-state index in [0.717, 1.165) is 0 Å². The molecule has 0 saturated heterocycles. The molecule has 0 nitrogen and oxygen atoms in total. The van der Waals surface area contributed by atoms with Crippen LogP contribution in [0.5, 0.6) is 0 Å². The van der Waals surface area contributed by atoms with E-state index in [2.05, 4.69) is 27.7 Å². The SMILES string of the molecule is CC.CC.CC.CCCCCCCC.CCCCCCCCCCC. The molecule has 0 heteroatoms. The lowest BCUT2D eigenvalue weighted by molar-refractivity contribution is 0.572. The molecule has 0 rings (SSSR count). The second kappa shape index (κ2) is 56.4. The topological polar surface area (TPSA) is 0 Å². The maximum Gasteiger partial charge on any atom is -0.0533 e. The Morgan fingerprint density at radius 1 is 0.240 bits per heavy atom. The molecule has 0 aliphatic carbocycles. The van der Waals surface area contributed by atoms with Crippen LogP contribution >= 0.6 is 0 Å². The second-order valence-electron chi connectivity index (χ2n) is 5.89. The Labute approximate surface area is 166 Å². The zero-order chi connectivity index (χ0) is 20.6. The van der Waals surface area contributed by atoms with Crippen LogP contribution in [0, 0.1) is 0 Å². The van der Waals surface area contributed by atoms with Crippen molar-refractivity contribution in [3.05, 3.63) is 0 Å². The molecule has 0 radical (unpaired) electrons. The van der Waals surface area contributed by atoms with Gasteiger partial charge in [0, 0.05) is 0 Å². The summed E-state index contributed by atoms with van der Waals surface area (Å²) in [6.07, 6.45) is 21.4. The number of hydrogen-bond donors (Lipinski definition) is 0. The molecule has 0 N–H and O–H groups in total. The molecule has 0 aromatic carbocycles. The third kappa shape index (κ3) is 68.7. The van der Waals surface area contributed by atoms with Crippen LogP contribution in [-0.4, -0.2) is 0 Å². The number of rotatable bonds is 13. The Balaban J connectivity index is -0.0000000838. The van der Waals surface area contributed by atoms with Crippen LogP contribution < -0.4 is 0 Å². The van der Waals surface area contributed by atoms with Crippen molar-refractivity contribution in [2.24, 2.45) is 0 Å². The van der Waals surface area contributed by atoms with Crippen molar-refractivity contribution in [2.45, 2.75) is 166 Å². The van der Waals surface area contributed by atoms with Crippen molar-refractivity contribution >= 4 is 0 Å². The minimum Gasteiger partial charge on any atom is -0.0683 e. The number of unbranched alkanes of at least 4 members (excludes halogenated alkanes) is 13. The van der Waals surface area contributed by atoms with Crippen LogP contribution in [0.2, 0.25) is 0 Å². The van der Waals surface area contributed by atoms with E-state index in [0.29, 0.717) is 0 Å². The summed E-state index contributed by atoms with van der Waals surface area (Å²) in [7, 11) is 0. The standard InChI is InChI=1S/C11H24.C8H18.3C2H6/c1-3-5-7-9-11-10-8-6-4-2;1-3-5-7-8-6-4-2;3*1-2/h3-11H2,1-2H3;3-8H2,1-2H3;3*1-2H3. The number of hydrogen-bond acceptors (Lipinski definition) is 0. The van der Waals surface area contributed by atoms with Gasteiger partial charge in [-0.1, -0.05) is 166 Å². The van der Waals surface area contributed by atoms with Crippen LogP contribution in [-0.2, 0) is 0 Å². The molecule has 0 amide bonds. The first-order valence-corrected chi connectivity index (χ1v) is 12.3. The fourth-order valence-corrected chi connectivity index (χ4v) is 2.24. The highest BCUT2D eigenvalue weighted by atomic mass is 14.0. The Kier molecular flexibility index (Phi) is 81.3. The van der Waals surface area contributed by atoms with Gasteiger partial charge < -0.3 is 0 Å². The van der Waals surface area contributed by atoms with Crippen molar-refractivity contribution < 1.29 is 0 Å². The van der Waals surface area contributed by atoms with E-state index in [1.807, 2.05) is 41.5 Å². The summed E-state index contributed by atoms with van der Waals surface area (Å²) < 4.78 is 0. The molecule has 0 aliphatic rings. The summed E-state index contributed by atoms with van der Waals surface area (Å²) in [6, 6.07) is 0. The van der Waals surface area contributed by atoms with Gasteiger partial charge in [-0.25, -0.2) is 0 Å². The first-order valence-electron chi connectivity index (χ1n) is 12.3. The van der Waals surface area contributed by atoms with Gasteiger partial charge in [-0.2, -0.15) is 0 Å². The van der Waals surface area contributed by atoms with Crippen molar-refractivity contribution in [3.8, 4) is 0 Å². The maximum atomic E-state index is 2.27. The molecule has 0 heterocycles. The van der Waals surface area contributed by atoms with E-state index in [1.165, 1.54) is 96.3 Å². The monoisotopic (exact) mass is 360 g/mol.